The molecule has 19 heavy (non-hydrogen) atoms. The minimum Gasteiger partial charge on any atom is -0.481 e. The first-order valence-corrected chi connectivity index (χ1v) is 7.30. The number of amides is 1. The molecule has 0 aromatic heterocycles. The molecule has 4 nitrogen and oxygen atoms in total. The summed E-state index contributed by atoms with van der Waals surface area (Å²) >= 11 is 0. The van der Waals surface area contributed by atoms with Gasteiger partial charge in [0.15, 0.2) is 0 Å². The van der Waals surface area contributed by atoms with E-state index >= 15 is 0 Å². The molecule has 4 heteroatoms. The van der Waals surface area contributed by atoms with Crippen molar-refractivity contribution in [2.24, 2.45) is 11.3 Å². The summed E-state index contributed by atoms with van der Waals surface area (Å²) in [7, 11) is 1.82. The van der Waals surface area contributed by atoms with Crippen LogP contribution in [0.25, 0.3) is 0 Å². The Morgan fingerprint density at radius 3 is 2.21 bits per heavy atom. The second-order valence-corrected chi connectivity index (χ2v) is 6.48. The van der Waals surface area contributed by atoms with Crippen molar-refractivity contribution in [1.82, 2.24) is 4.90 Å². The maximum atomic E-state index is 12.3. The molecule has 1 aliphatic rings. The van der Waals surface area contributed by atoms with E-state index in [9.17, 15) is 9.59 Å². The molecule has 0 aromatic carbocycles. The van der Waals surface area contributed by atoms with E-state index in [0.29, 0.717) is 12.3 Å². The fraction of sp³-hybridized carbons (Fsp3) is 0.867. The first-order valence-electron chi connectivity index (χ1n) is 7.30. The standard InChI is InChI=1S/C15H27NO3/c1-12(2)11-16(3)13(17)9-15(10-14(18)19)7-5-4-6-8-15/h12H,4-11H2,1-3H3,(H,18,19). The van der Waals surface area contributed by atoms with Crippen molar-refractivity contribution in [1.29, 1.82) is 0 Å². The molecule has 1 amide bonds. The van der Waals surface area contributed by atoms with E-state index in [4.69, 9.17) is 5.11 Å². The Kier molecular flexibility index (Phi) is 5.83. The highest BCUT2D eigenvalue weighted by Gasteiger charge is 2.37. The summed E-state index contributed by atoms with van der Waals surface area (Å²) < 4.78 is 0. The van der Waals surface area contributed by atoms with Crippen LogP contribution < -0.4 is 0 Å². The van der Waals surface area contributed by atoms with Crippen LogP contribution >= 0.6 is 0 Å². The highest BCUT2D eigenvalue weighted by Crippen LogP contribution is 2.42. The molecule has 0 bridgehead atoms. The number of carbonyl (C=O) groups excluding carboxylic acids is 1. The monoisotopic (exact) mass is 269 g/mol. The van der Waals surface area contributed by atoms with E-state index in [-0.39, 0.29) is 17.7 Å². The molecule has 0 atom stereocenters. The number of carbonyl (C=O) groups is 2. The molecule has 1 saturated carbocycles. The van der Waals surface area contributed by atoms with Gasteiger partial charge < -0.3 is 10.0 Å². The number of hydrogen-bond acceptors (Lipinski definition) is 2. The van der Waals surface area contributed by atoms with Crippen LogP contribution in [-0.2, 0) is 9.59 Å². The van der Waals surface area contributed by atoms with Crippen LogP contribution in [0.4, 0.5) is 0 Å². The van der Waals surface area contributed by atoms with Gasteiger partial charge in [-0.1, -0.05) is 33.1 Å². The predicted molar refractivity (Wildman–Crippen MR) is 74.9 cm³/mol. The Balaban J connectivity index is 2.66. The van der Waals surface area contributed by atoms with Gasteiger partial charge in [0.25, 0.3) is 0 Å². The minimum atomic E-state index is -0.777. The lowest BCUT2D eigenvalue weighted by molar-refractivity contribution is -0.142. The zero-order valence-electron chi connectivity index (χ0n) is 12.4. The molecule has 110 valence electrons. The molecular weight excluding hydrogens is 242 g/mol. The average molecular weight is 269 g/mol. The molecule has 1 N–H and O–H groups in total. The second-order valence-electron chi connectivity index (χ2n) is 6.48. The first-order chi connectivity index (χ1) is 8.84. The van der Waals surface area contributed by atoms with Gasteiger partial charge in [0.2, 0.25) is 5.91 Å². The number of rotatable bonds is 6. The quantitative estimate of drug-likeness (QED) is 0.806. The molecule has 0 radical (unpaired) electrons. The zero-order valence-corrected chi connectivity index (χ0v) is 12.4. The highest BCUT2D eigenvalue weighted by molar-refractivity contribution is 5.78. The molecule has 0 aromatic rings. The van der Waals surface area contributed by atoms with E-state index in [0.717, 1.165) is 38.6 Å². The predicted octanol–water partition coefficient (Wildman–Crippen LogP) is 2.92. The molecule has 0 aliphatic heterocycles. The van der Waals surface area contributed by atoms with Gasteiger partial charge in [0, 0.05) is 20.0 Å². The zero-order chi connectivity index (χ0) is 14.5. The molecule has 1 fully saturated rings. The number of aliphatic carboxylic acids is 1. The third-order valence-electron chi connectivity index (χ3n) is 4.03. The van der Waals surface area contributed by atoms with Crippen LogP contribution in [0.15, 0.2) is 0 Å². The van der Waals surface area contributed by atoms with E-state index in [1.807, 2.05) is 7.05 Å². The summed E-state index contributed by atoms with van der Waals surface area (Å²) in [6.45, 7) is 4.90. The van der Waals surface area contributed by atoms with Gasteiger partial charge in [-0.3, -0.25) is 9.59 Å². The van der Waals surface area contributed by atoms with E-state index in [1.54, 1.807) is 4.90 Å². The summed E-state index contributed by atoms with van der Waals surface area (Å²) in [4.78, 5) is 25.1. The molecule has 1 aliphatic carbocycles. The Labute approximate surface area is 116 Å². The smallest absolute Gasteiger partial charge is 0.303 e. The Morgan fingerprint density at radius 2 is 1.74 bits per heavy atom. The number of carboxylic acids is 1. The highest BCUT2D eigenvalue weighted by atomic mass is 16.4. The topological polar surface area (TPSA) is 57.6 Å². The third kappa shape index (κ3) is 5.21. The molecule has 0 saturated heterocycles. The van der Waals surface area contributed by atoms with Gasteiger partial charge in [-0.15, -0.1) is 0 Å². The van der Waals surface area contributed by atoms with Crippen molar-refractivity contribution >= 4 is 11.9 Å². The molecule has 0 heterocycles. The number of hydrogen-bond donors (Lipinski definition) is 1. The van der Waals surface area contributed by atoms with Crippen LogP contribution in [0.5, 0.6) is 0 Å². The van der Waals surface area contributed by atoms with Gasteiger partial charge in [-0.2, -0.15) is 0 Å². The third-order valence-corrected chi connectivity index (χ3v) is 4.03. The Bertz CT molecular complexity index is 319. The summed E-state index contributed by atoms with van der Waals surface area (Å²) in [6.07, 6.45) is 5.54. The minimum absolute atomic E-state index is 0.0943. The Hall–Kier alpha value is -1.06. The maximum Gasteiger partial charge on any atom is 0.303 e. The van der Waals surface area contributed by atoms with Crippen LogP contribution in [0, 0.1) is 11.3 Å². The van der Waals surface area contributed by atoms with E-state index in [1.165, 1.54) is 0 Å². The van der Waals surface area contributed by atoms with Gasteiger partial charge >= 0.3 is 5.97 Å². The van der Waals surface area contributed by atoms with E-state index < -0.39 is 5.97 Å². The second kappa shape index (κ2) is 6.92. The normalized spacial score (nSPS) is 18.3. The fourth-order valence-electron chi connectivity index (χ4n) is 3.14. The van der Waals surface area contributed by atoms with Gasteiger partial charge in [-0.25, -0.2) is 0 Å². The van der Waals surface area contributed by atoms with Crippen molar-refractivity contribution in [3.8, 4) is 0 Å². The SMILES string of the molecule is CC(C)CN(C)C(=O)CC1(CC(=O)O)CCCCC1. The first kappa shape index (κ1) is 16.0. The molecule has 0 unspecified atom stereocenters. The van der Waals surface area contributed by atoms with Crippen LogP contribution in [0.1, 0.15) is 58.8 Å². The average Bonchev–Trinajstić information content (AvgIpc) is 2.27. The molecule has 0 spiro atoms. The number of carboxylic acid groups (broad SMARTS) is 1. The fourth-order valence-corrected chi connectivity index (χ4v) is 3.14. The van der Waals surface area contributed by atoms with Gasteiger partial charge in [0.05, 0.1) is 6.42 Å². The van der Waals surface area contributed by atoms with Crippen LogP contribution in [-0.4, -0.2) is 35.5 Å². The summed E-state index contributed by atoms with van der Waals surface area (Å²) in [5.41, 5.74) is -0.299. The van der Waals surface area contributed by atoms with Crippen molar-refractivity contribution in [3.05, 3.63) is 0 Å². The number of nitrogens with zero attached hydrogens (tertiary/aromatic N) is 1. The summed E-state index contributed by atoms with van der Waals surface area (Å²) in [5, 5.41) is 9.10. The summed E-state index contributed by atoms with van der Waals surface area (Å²) in [6, 6.07) is 0. The van der Waals surface area contributed by atoms with Gasteiger partial charge in [0.1, 0.15) is 0 Å². The van der Waals surface area contributed by atoms with Crippen molar-refractivity contribution in [3.63, 3.8) is 0 Å². The lowest BCUT2D eigenvalue weighted by Crippen LogP contribution is -2.37. The molecule has 1 rings (SSSR count). The van der Waals surface area contributed by atoms with Crippen molar-refractivity contribution < 1.29 is 14.7 Å². The van der Waals surface area contributed by atoms with Gasteiger partial charge in [-0.05, 0) is 24.2 Å². The lowest BCUT2D eigenvalue weighted by Gasteiger charge is -2.36. The largest absolute Gasteiger partial charge is 0.481 e. The van der Waals surface area contributed by atoms with Crippen LogP contribution in [0.3, 0.4) is 0 Å². The van der Waals surface area contributed by atoms with Crippen molar-refractivity contribution in [2.75, 3.05) is 13.6 Å². The molecular formula is C15H27NO3. The lowest BCUT2D eigenvalue weighted by atomic mass is 9.69. The van der Waals surface area contributed by atoms with E-state index in [2.05, 4.69) is 13.8 Å². The summed E-state index contributed by atoms with van der Waals surface area (Å²) in [5.74, 6) is -0.242. The maximum absolute atomic E-state index is 12.3. The van der Waals surface area contributed by atoms with Crippen LogP contribution in [0.2, 0.25) is 0 Å². The van der Waals surface area contributed by atoms with Crippen molar-refractivity contribution in [2.45, 2.75) is 58.8 Å². The Morgan fingerprint density at radius 1 is 1.16 bits per heavy atom.